The van der Waals surface area contributed by atoms with E-state index in [0.717, 1.165) is 0 Å². The van der Waals surface area contributed by atoms with Gasteiger partial charge in [-0.2, -0.15) is 0 Å². The minimum absolute atomic E-state index is 0.108. The fourth-order valence-corrected chi connectivity index (χ4v) is 4.13. The molecule has 1 heterocycles. The molecule has 0 aliphatic carbocycles. The highest BCUT2D eigenvalue weighted by atomic mass is 35.5. The predicted octanol–water partition coefficient (Wildman–Crippen LogP) is 3.15. The number of anilines is 1. The number of hydrogen-bond donors (Lipinski definition) is 1. The molecule has 0 saturated carbocycles. The van der Waals surface area contributed by atoms with E-state index in [2.05, 4.69) is 5.32 Å². The number of benzene rings is 1. The maximum atomic E-state index is 11.9. The third-order valence-electron chi connectivity index (χ3n) is 3.35. The normalized spacial score (nSPS) is 18.7. The second-order valence-corrected chi connectivity index (χ2v) is 8.12. The molecule has 1 aromatic carbocycles. The van der Waals surface area contributed by atoms with E-state index in [1.54, 1.807) is 18.2 Å². The summed E-state index contributed by atoms with van der Waals surface area (Å²) in [6.07, 6.45) is 1.39. The third-order valence-corrected chi connectivity index (χ3v) is 5.63. The van der Waals surface area contributed by atoms with Gasteiger partial charge >= 0.3 is 0 Å². The van der Waals surface area contributed by atoms with Gasteiger partial charge in [-0.3, -0.25) is 4.79 Å². The Morgan fingerprint density at radius 1 is 1.25 bits per heavy atom. The second-order valence-electron chi connectivity index (χ2n) is 4.97. The molecule has 20 heavy (non-hydrogen) atoms. The Morgan fingerprint density at radius 2 is 1.90 bits per heavy atom. The lowest BCUT2D eigenvalue weighted by atomic mass is 9.98. The van der Waals surface area contributed by atoms with Crippen molar-refractivity contribution in [1.82, 2.24) is 0 Å². The number of nitrogens with one attached hydrogen (secondary N) is 1. The zero-order valence-electron chi connectivity index (χ0n) is 10.7. The van der Waals surface area contributed by atoms with E-state index in [9.17, 15) is 13.2 Å². The summed E-state index contributed by atoms with van der Waals surface area (Å²) in [6.45, 7) is 0. The van der Waals surface area contributed by atoms with Crippen molar-refractivity contribution in [2.75, 3.05) is 16.8 Å². The molecule has 110 valence electrons. The van der Waals surface area contributed by atoms with Crippen molar-refractivity contribution < 1.29 is 13.2 Å². The SMILES string of the molecule is O=C(CC1CCS(=O)(=O)CC1)Nc1cc(Cl)ccc1Cl. The summed E-state index contributed by atoms with van der Waals surface area (Å²) in [5.74, 6) is 0.279. The highest BCUT2D eigenvalue weighted by Crippen LogP contribution is 2.27. The molecule has 1 amide bonds. The standard InChI is InChI=1S/C13H15Cl2NO3S/c14-10-1-2-11(15)12(8-10)16-13(17)7-9-3-5-20(18,19)6-4-9/h1-2,8-9H,3-7H2,(H,16,17). The van der Waals surface area contributed by atoms with Gasteiger partial charge in [-0.05, 0) is 37.0 Å². The molecule has 0 spiro atoms. The van der Waals surface area contributed by atoms with Gasteiger partial charge in [-0.25, -0.2) is 8.42 Å². The molecule has 1 aliphatic heterocycles. The summed E-state index contributed by atoms with van der Waals surface area (Å²) in [5, 5.41) is 3.63. The van der Waals surface area contributed by atoms with Crippen molar-refractivity contribution in [3.05, 3.63) is 28.2 Å². The number of amides is 1. The second kappa shape index (κ2) is 6.33. The molecule has 7 heteroatoms. The minimum atomic E-state index is -2.89. The van der Waals surface area contributed by atoms with Gasteiger partial charge < -0.3 is 5.32 Å². The van der Waals surface area contributed by atoms with Crippen molar-refractivity contribution in [1.29, 1.82) is 0 Å². The fourth-order valence-electron chi connectivity index (χ4n) is 2.20. The zero-order valence-corrected chi connectivity index (χ0v) is 13.1. The van der Waals surface area contributed by atoms with Crippen molar-refractivity contribution >= 4 is 44.6 Å². The molecule has 1 saturated heterocycles. The van der Waals surface area contributed by atoms with Crippen molar-refractivity contribution in [2.45, 2.75) is 19.3 Å². The van der Waals surface area contributed by atoms with Crippen molar-refractivity contribution in [3.63, 3.8) is 0 Å². The third kappa shape index (κ3) is 4.36. The van der Waals surface area contributed by atoms with E-state index in [1.807, 2.05) is 0 Å². The summed E-state index contributed by atoms with van der Waals surface area (Å²) >= 11 is 11.8. The van der Waals surface area contributed by atoms with Crippen LogP contribution in [0.2, 0.25) is 10.0 Å². The van der Waals surface area contributed by atoms with E-state index in [4.69, 9.17) is 23.2 Å². The van der Waals surface area contributed by atoms with E-state index in [0.29, 0.717) is 35.0 Å². The molecule has 1 N–H and O–H groups in total. The highest BCUT2D eigenvalue weighted by molar-refractivity contribution is 7.91. The lowest BCUT2D eigenvalue weighted by Gasteiger charge is -2.21. The number of hydrogen-bond acceptors (Lipinski definition) is 3. The van der Waals surface area contributed by atoms with Gasteiger partial charge in [0, 0.05) is 11.4 Å². The minimum Gasteiger partial charge on any atom is -0.325 e. The van der Waals surface area contributed by atoms with E-state index >= 15 is 0 Å². The summed E-state index contributed by atoms with van der Waals surface area (Å²) in [4.78, 5) is 11.9. The molecular formula is C13H15Cl2NO3S. The molecule has 0 unspecified atom stereocenters. The van der Waals surface area contributed by atoms with Gasteiger partial charge in [0.25, 0.3) is 0 Å². The first kappa shape index (κ1) is 15.6. The van der Waals surface area contributed by atoms with E-state index < -0.39 is 9.84 Å². The first-order valence-corrected chi connectivity index (χ1v) is 8.89. The number of carbonyl (C=O) groups excluding carboxylic acids is 1. The Balaban J connectivity index is 1.91. The van der Waals surface area contributed by atoms with Gasteiger partial charge in [0.15, 0.2) is 0 Å². The van der Waals surface area contributed by atoms with Crippen LogP contribution in [0.5, 0.6) is 0 Å². The van der Waals surface area contributed by atoms with Gasteiger partial charge in [0.1, 0.15) is 9.84 Å². The maximum absolute atomic E-state index is 11.9. The van der Waals surface area contributed by atoms with Gasteiger partial charge in [0.2, 0.25) is 5.91 Å². The quantitative estimate of drug-likeness (QED) is 0.922. The average Bonchev–Trinajstić information content (AvgIpc) is 2.36. The molecule has 0 aromatic heterocycles. The summed E-state index contributed by atoms with van der Waals surface area (Å²) in [5.41, 5.74) is 0.479. The Labute approximate surface area is 128 Å². The van der Waals surface area contributed by atoms with Crippen LogP contribution < -0.4 is 5.32 Å². The average molecular weight is 336 g/mol. The first-order chi connectivity index (χ1) is 9.35. The Bertz CT molecular complexity index is 602. The number of halogens is 2. The molecule has 1 fully saturated rings. The number of sulfone groups is 1. The summed E-state index contributed by atoms with van der Waals surface area (Å²) in [7, 11) is -2.89. The van der Waals surface area contributed by atoms with E-state index in [-0.39, 0.29) is 23.3 Å². The first-order valence-electron chi connectivity index (χ1n) is 6.31. The van der Waals surface area contributed by atoms with Crippen LogP contribution in [-0.2, 0) is 14.6 Å². The monoisotopic (exact) mass is 335 g/mol. The predicted molar refractivity (Wildman–Crippen MR) is 81.1 cm³/mol. The molecule has 1 aromatic rings. The van der Waals surface area contributed by atoms with Crippen LogP contribution >= 0.6 is 23.2 Å². The molecule has 4 nitrogen and oxygen atoms in total. The molecule has 2 rings (SSSR count). The fraction of sp³-hybridized carbons (Fsp3) is 0.462. The van der Waals surface area contributed by atoms with Gasteiger partial charge in [0.05, 0.1) is 22.2 Å². The lowest BCUT2D eigenvalue weighted by Crippen LogP contribution is -2.26. The van der Waals surface area contributed by atoms with Crippen molar-refractivity contribution in [2.24, 2.45) is 5.92 Å². The summed E-state index contributed by atoms with van der Waals surface area (Å²) in [6, 6.07) is 4.85. The Morgan fingerprint density at radius 3 is 2.55 bits per heavy atom. The smallest absolute Gasteiger partial charge is 0.224 e. The lowest BCUT2D eigenvalue weighted by molar-refractivity contribution is -0.117. The van der Waals surface area contributed by atoms with Crippen LogP contribution in [0.1, 0.15) is 19.3 Å². The van der Waals surface area contributed by atoms with E-state index in [1.165, 1.54) is 0 Å². The zero-order chi connectivity index (χ0) is 14.8. The number of carbonyl (C=O) groups is 1. The van der Waals surface area contributed by atoms with Crippen LogP contribution in [0, 0.1) is 5.92 Å². The Hall–Kier alpha value is -0.780. The molecule has 1 aliphatic rings. The maximum Gasteiger partial charge on any atom is 0.224 e. The Kier molecular flexibility index (Phi) is 4.94. The van der Waals surface area contributed by atoms with Crippen LogP contribution in [0.15, 0.2) is 18.2 Å². The largest absolute Gasteiger partial charge is 0.325 e. The molecule has 0 radical (unpaired) electrons. The summed E-state index contributed by atoms with van der Waals surface area (Å²) < 4.78 is 22.6. The number of rotatable bonds is 3. The molecule has 0 bridgehead atoms. The highest BCUT2D eigenvalue weighted by Gasteiger charge is 2.25. The van der Waals surface area contributed by atoms with Crippen LogP contribution in [0.25, 0.3) is 0 Å². The topological polar surface area (TPSA) is 63.2 Å². The van der Waals surface area contributed by atoms with Crippen LogP contribution in [0.3, 0.4) is 0 Å². The van der Waals surface area contributed by atoms with Crippen LogP contribution in [0.4, 0.5) is 5.69 Å². The van der Waals surface area contributed by atoms with Crippen molar-refractivity contribution in [3.8, 4) is 0 Å². The van der Waals surface area contributed by atoms with Gasteiger partial charge in [-0.15, -0.1) is 0 Å². The van der Waals surface area contributed by atoms with Crippen LogP contribution in [-0.4, -0.2) is 25.8 Å². The van der Waals surface area contributed by atoms with Gasteiger partial charge in [-0.1, -0.05) is 23.2 Å². The molecular weight excluding hydrogens is 321 g/mol. The molecule has 0 atom stereocenters.